The molecule has 0 atom stereocenters. The third kappa shape index (κ3) is 1.80. The van der Waals surface area contributed by atoms with Crippen LogP contribution in [0.25, 0.3) is 11.3 Å². The normalized spacial score (nSPS) is 10.1. The average Bonchev–Trinajstić information content (AvgIpc) is 2.65. The van der Waals surface area contributed by atoms with E-state index in [1.807, 2.05) is 30.3 Å². The van der Waals surface area contributed by atoms with E-state index in [9.17, 15) is 0 Å². The average molecular weight is 254 g/mol. The molecular weight excluding hydrogens is 246 g/mol. The Morgan fingerprint density at radius 3 is 2.50 bits per heavy atom. The van der Waals surface area contributed by atoms with Crippen LogP contribution in [0.5, 0.6) is 5.75 Å². The first-order valence-corrected chi connectivity index (χ1v) is 4.85. The molecule has 0 radical (unpaired) electrons. The second-order valence-corrected chi connectivity index (χ2v) is 3.55. The molecule has 0 fully saturated rings. The maximum atomic E-state index is 5.09. The Hall–Kier alpha value is -1.29. The van der Waals surface area contributed by atoms with Crippen molar-refractivity contribution in [1.82, 2.24) is 5.16 Å². The van der Waals surface area contributed by atoms with Gasteiger partial charge in [-0.1, -0.05) is 5.16 Å². The molecule has 0 unspecified atom stereocenters. The first-order valence-electron chi connectivity index (χ1n) is 4.06. The number of aromatic nitrogens is 1. The standard InChI is InChI=1S/C10H8BrNO2/c1-13-8-4-2-7(3-5-8)9-6-10(11)12-14-9/h2-6H,1H3. The molecular formula is C10H8BrNO2. The van der Waals surface area contributed by atoms with Crippen molar-refractivity contribution in [3.8, 4) is 17.1 Å². The molecule has 2 rings (SSSR count). The highest BCUT2D eigenvalue weighted by Crippen LogP contribution is 2.24. The number of ether oxygens (including phenoxy) is 1. The molecule has 0 spiro atoms. The van der Waals surface area contributed by atoms with Crippen LogP contribution in [0.3, 0.4) is 0 Å². The molecule has 0 aliphatic rings. The van der Waals surface area contributed by atoms with Gasteiger partial charge in [-0.25, -0.2) is 0 Å². The largest absolute Gasteiger partial charge is 0.497 e. The molecule has 2 aromatic rings. The summed E-state index contributed by atoms with van der Waals surface area (Å²) >= 11 is 3.23. The molecule has 0 aliphatic carbocycles. The molecule has 0 saturated heterocycles. The van der Waals surface area contributed by atoms with Gasteiger partial charge in [0.1, 0.15) is 10.4 Å². The maximum Gasteiger partial charge on any atom is 0.168 e. The van der Waals surface area contributed by atoms with E-state index in [-0.39, 0.29) is 0 Å². The van der Waals surface area contributed by atoms with Gasteiger partial charge in [0.2, 0.25) is 0 Å². The number of hydrogen-bond donors (Lipinski definition) is 0. The molecule has 4 heteroatoms. The van der Waals surface area contributed by atoms with Crippen LogP contribution in [-0.4, -0.2) is 12.3 Å². The fraction of sp³-hybridized carbons (Fsp3) is 0.100. The zero-order valence-corrected chi connectivity index (χ0v) is 9.11. The van der Waals surface area contributed by atoms with Crippen molar-refractivity contribution in [2.45, 2.75) is 0 Å². The van der Waals surface area contributed by atoms with E-state index in [0.29, 0.717) is 4.60 Å². The molecule has 72 valence electrons. The summed E-state index contributed by atoms with van der Waals surface area (Å²) in [6.45, 7) is 0. The van der Waals surface area contributed by atoms with Crippen LogP contribution in [0, 0.1) is 0 Å². The van der Waals surface area contributed by atoms with E-state index >= 15 is 0 Å². The second kappa shape index (κ2) is 3.84. The van der Waals surface area contributed by atoms with Crippen molar-refractivity contribution in [3.63, 3.8) is 0 Å². The molecule has 0 saturated carbocycles. The molecule has 1 aromatic carbocycles. The summed E-state index contributed by atoms with van der Waals surface area (Å²) in [5.74, 6) is 1.56. The first kappa shape index (κ1) is 9.27. The molecule has 3 nitrogen and oxygen atoms in total. The van der Waals surface area contributed by atoms with Crippen molar-refractivity contribution in [3.05, 3.63) is 34.9 Å². The molecule has 0 N–H and O–H groups in total. The van der Waals surface area contributed by atoms with Gasteiger partial charge in [0.05, 0.1) is 7.11 Å². The number of benzene rings is 1. The Morgan fingerprint density at radius 2 is 2.00 bits per heavy atom. The highest BCUT2D eigenvalue weighted by atomic mass is 79.9. The predicted octanol–water partition coefficient (Wildman–Crippen LogP) is 3.11. The highest BCUT2D eigenvalue weighted by molar-refractivity contribution is 9.10. The Labute approximate surface area is 89.8 Å². The van der Waals surface area contributed by atoms with Crippen LogP contribution in [0.2, 0.25) is 0 Å². The van der Waals surface area contributed by atoms with Crippen molar-refractivity contribution in [2.24, 2.45) is 0 Å². The summed E-state index contributed by atoms with van der Waals surface area (Å²) in [5.41, 5.74) is 0.976. The summed E-state index contributed by atoms with van der Waals surface area (Å²) in [4.78, 5) is 0. The first-order chi connectivity index (χ1) is 6.79. The quantitative estimate of drug-likeness (QED) is 0.825. The number of rotatable bonds is 2. The fourth-order valence-corrected chi connectivity index (χ4v) is 1.43. The van der Waals surface area contributed by atoms with Gasteiger partial charge in [0.25, 0.3) is 0 Å². The zero-order chi connectivity index (χ0) is 9.97. The summed E-state index contributed by atoms with van der Waals surface area (Å²) < 4.78 is 10.8. The summed E-state index contributed by atoms with van der Waals surface area (Å²) in [7, 11) is 1.64. The Morgan fingerprint density at radius 1 is 1.29 bits per heavy atom. The Bertz CT molecular complexity index is 422. The molecule has 1 heterocycles. The van der Waals surface area contributed by atoms with Crippen LogP contribution < -0.4 is 4.74 Å². The van der Waals surface area contributed by atoms with Crippen LogP contribution in [0.1, 0.15) is 0 Å². The van der Waals surface area contributed by atoms with Crippen LogP contribution in [0.4, 0.5) is 0 Å². The molecule has 0 amide bonds. The van der Waals surface area contributed by atoms with E-state index in [4.69, 9.17) is 9.26 Å². The molecule has 0 bridgehead atoms. The lowest BCUT2D eigenvalue weighted by molar-refractivity contribution is 0.414. The molecule has 14 heavy (non-hydrogen) atoms. The van der Waals surface area contributed by atoms with Crippen molar-refractivity contribution < 1.29 is 9.26 Å². The van der Waals surface area contributed by atoms with Gasteiger partial charge in [-0.3, -0.25) is 0 Å². The number of methoxy groups -OCH3 is 1. The Balaban J connectivity index is 2.33. The topological polar surface area (TPSA) is 35.3 Å². The van der Waals surface area contributed by atoms with Crippen LogP contribution in [0.15, 0.2) is 39.5 Å². The minimum absolute atomic E-state index is 0.698. The van der Waals surface area contributed by atoms with Crippen molar-refractivity contribution in [1.29, 1.82) is 0 Å². The molecule has 0 aliphatic heterocycles. The van der Waals surface area contributed by atoms with Gasteiger partial charge in [0.15, 0.2) is 5.76 Å². The summed E-state index contributed by atoms with van der Waals surface area (Å²) in [6, 6.07) is 9.43. The van der Waals surface area contributed by atoms with E-state index in [2.05, 4.69) is 21.1 Å². The number of halogens is 1. The predicted molar refractivity (Wildman–Crippen MR) is 56.2 cm³/mol. The minimum atomic E-state index is 0.698. The SMILES string of the molecule is COc1ccc(-c2cc(Br)no2)cc1. The fourth-order valence-electron chi connectivity index (χ4n) is 1.14. The third-order valence-corrected chi connectivity index (χ3v) is 2.23. The Kier molecular flexibility index (Phi) is 2.54. The lowest BCUT2D eigenvalue weighted by Crippen LogP contribution is -1.81. The van der Waals surface area contributed by atoms with Gasteiger partial charge in [-0.2, -0.15) is 0 Å². The van der Waals surface area contributed by atoms with Gasteiger partial charge in [0, 0.05) is 11.6 Å². The number of nitrogens with zero attached hydrogens (tertiary/aromatic N) is 1. The summed E-state index contributed by atoms with van der Waals surface area (Å²) in [5, 5.41) is 3.75. The van der Waals surface area contributed by atoms with E-state index < -0.39 is 0 Å². The second-order valence-electron chi connectivity index (χ2n) is 2.74. The lowest BCUT2D eigenvalue weighted by Gasteiger charge is -1.99. The van der Waals surface area contributed by atoms with E-state index in [0.717, 1.165) is 17.1 Å². The van der Waals surface area contributed by atoms with Gasteiger partial charge >= 0.3 is 0 Å². The van der Waals surface area contributed by atoms with Gasteiger partial charge < -0.3 is 9.26 Å². The van der Waals surface area contributed by atoms with Gasteiger partial charge in [-0.15, -0.1) is 0 Å². The van der Waals surface area contributed by atoms with E-state index in [1.54, 1.807) is 7.11 Å². The highest BCUT2D eigenvalue weighted by Gasteiger charge is 2.04. The van der Waals surface area contributed by atoms with Crippen LogP contribution >= 0.6 is 15.9 Å². The minimum Gasteiger partial charge on any atom is -0.497 e. The van der Waals surface area contributed by atoms with Crippen LogP contribution in [-0.2, 0) is 0 Å². The monoisotopic (exact) mass is 253 g/mol. The lowest BCUT2D eigenvalue weighted by atomic mass is 10.2. The van der Waals surface area contributed by atoms with Crippen molar-refractivity contribution >= 4 is 15.9 Å². The van der Waals surface area contributed by atoms with Crippen molar-refractivity contribution in [2.75, 3.05) is 7.11 Å². The number of hydrogen-bond acceptors (Lipinski definition) is 3. The molecule has 1 aromatic heterocycles. The summed E-state index contributed by atoms with van der Waals surface area (Å²) in [6.07, 6.45) is 0. The maximum absolute atomic E-state index is 5.09. The zero-order valence-electron chi connectivity index (χ0n) is 7.53. The van der Waals surface area contributed by atoms with E-state index in [1.165, 1.54) is 0 Å². The third-order valence-electron chi connectivity index (χ3n) is 1.86. The smallest absolute Gasteiger partial charge is 0.168 e. The van der Waals surface area contributed by atoms with Gasteiger partial charge in [-0.05, 0) is 40.2 Å².